The van der Waals surface area contributed by atoms with Gasteiger partial charge in [0.15, 0.2) is 0 Å². The van der Waals surface area contributed by atoms with Crippen molar-refractivity contribution < 1.29 is 4.92 Å². The van der Waals surface area contributed by atoms with Gasteiger partial charge in [-0.05, 0) is 6.07 Å². The summed E-state index contributed by atoms with van der Waals surface area (Å²) in [6, 6.07) is 7.49. The Hall–Kier alpha value is -1.91. The molecule has 0 aliphatic heterocycles. The number of aromatic nitrogens is 2. The molecule has 2 rings (SSSR count). The lowest BCUT2D eigenvalue weighted by atomic mass is 10.2. The van der Waals surface area contributed by atoms with Crippen molar-refractivity contribution in [3.8, 4) is 0 Å². The van der Waals surface area contributed by atoms with E-state index in [2.05, 4.69) is 5.10 Å². The number of hydrogen-bond acceptors (Lipinski definition) is 3. The van der Waals surface area contributed by atoms with Crippen LogP contribution in [-0.4, -0.2) is 14.7 Å². The standard InChI is InChI=1S/C9H9N3O2/c1-11-9-5-3-2-4-7(9)8(10-11)6-12(13)14/h2-5H,6H2,1H3. The molecule has 1 heterocycles. The Morgan fingerprint density at radius 1 is 1.50 bits per heavy atom. The normalized spacial score (nSPS) is 10.6. The zero-order valence-corrected chi connectivity index (χ0v) is 7.67. The Kier molecular flexibility index (Phi) is 1.92. The van der Waals surface area contributed by atoms with Gasteiger partial charge in [0.25, 0.3) is 0 Å². The molecule has 0 amide bonds. The zero-order chi connectivity index (χ0) is 10.1. The Labute approximate surface area is 80.1 Å². The van der Waals surface area contributed by atoms with Crippen LogP contribution < -0.4 is 0 Å². The molecule has 0 fully saturated rings. The first-order valence-corrected chi connectivity index (χ1v) is 4.21. The summed E-state index contributed by atoms with van der Waals surface area (Å²) in [5.74, 6) is 0. The van der Waals surface area contributed by atoms with E-state index in [0.717, 1.165) is 10.9 Å². The van der Waals surface area contributed by atoms with Gasteiger partial charge in [0, 0.05) is 17.4 Å². The SMILES string of the molecule is Cn1nc(C[N+](=O)[O-])c2ccccc21. The lowest BCUT2D eigenvalue weighted by molar-refractivity contribution is -0.497. The van der Waals surface area contributed by atoms with Crippen molar-refractivity contribution in [2.45, 2.75) is 6.54 Å². The van der Waals surface area contributed by atoms with E-state index in [0.29, 0.717) is 5.69 Å². The largest absolute Gasteiger partial charge is 0.267 e. The summed E-state index contributed by atoms with van der Waals surface area (Å²) in [5.41, 5.74) is 1.44. The number of para-hydroxylation sites is 1. The molecular weight excluding hydrogens is 182 g/mol. The number of fused-ring (bicyclic) bond motifs is 1. The van der Waals surface area contributed by atoms with Gasteiger partial charge in [-0.1, -0.05) is 18.2 Å². The molecule has 2 aromatic rings. The van der Waals surface area contributed by atoms with E-state index in [-0.39, 0.29) is 11.5 Å². The van der Waals surface area contributed by atoms with Gasteiger partial charge in [-0.25, -0.2) is 0 Å². The van der Waals surface area contributed by atoms with E-state index in [9.17, 15) is 10.1 Å². The Balaban J connectivity index is 2.60. The quantitative estimate of drug-likeness (QED) is 0.531. The second kappa shape index (κ2) is 3.10. The molecule has 14 heavy (non-hydrogen) atoms. The first kappa shape index (κ1) is 8.68. The highest BCUT2D eigenvalue weighted by Gasteiger charge is 2.11. The van der Waals surface area contributed by atoms with Gasteiger partial charge in [0.05, 0.1) is 5.52 Å². The average molecular weight is 191 g/mol. The van der Waals surface area contributed by atoms with Crippen molar-refractivity contribution >= 4 is 10.9 Å². The van der Waals surface area contributed by atoms with E-state index < -0.39 is 0 Å². The van der Waals surface area contributed by atoms with Gasteiger partial charge >= 0.3 is 0 Å². The molecule has 1 aromatic heterocycles. The van der Waals surface area contributed by atoms with Crippen molar-refractivity contribution in [1.29, 1.82) is 0 Å². The van der Waals surface area contributed by atoms with Crippen molar-refractivity contribution in [2.75, 3.05) is 0 Å². The van der Waals surface area contributed by atoms with Gasteiger partial charge in [-0.2, -0.15) is 5.10 Å². The molecule has 0 unspecified atom stereocenters. The maximum Gasteiger partial charge on any atom is 0.247 e. The molecule has 1 aromatic carbocycles. The van der Waals surface area contributed by atoms with E-state index in [4.69, 9.17) is 0 Å². The molecule has 0 atom stereocenters. The van der Waals surface area contributed by atoms with E-state index in [1.54, 1.807) is 11.7 Å². The smallest absolute Gasteiger partial charge is 0.247 e. The molecule has 72 valence electrons. The Morgan fingerprint density at radius 3 is 2.93 bits per heavy atom. The highest BCUT2D eigenvalue weighted by molar-refractivity contribution is 5.81. The molecule has 0 N–H and O–H groups in total. The fourth-order valence-electron chi connectivity index (χ4n) is 1.53. The molecule has 5 nitrogen and oxygen atoms in total. The summed E-state index contributed by atoms with van der Waals surface area (Å²) in [4.78, 5) is 10.0. The summed E-state index contributed by atoms with van der Waals surface area (Å²) < 4.78 is 1.66. The number of nitro groups is 1. The predicted molar refractivity (Wildman–Crippen MR) is 51.4 cm³/mol. The molecule has 0 radical (unpaired) electrons. The molecule has 5 heteroatoms. The van der Waals surface area contributed by atoms with Crippen LogP contribution >= 0.6 is 0 Å². The summed E-state index contributed by atoms with van der Waals surface area (Å²) in [6.07, 6.45) is 0. The van der Waals surface area contributed by atoms with Crippen LogP contribution in [0.15, 0.2) is 24.3 Å². The maximum atomic E-state index is 10.4. The van der Waals surface area contributed by atoms with Gasteiger partial charge in [0.2, 0.25) is 6.54 Å². The first-order chi connectivity index (χ1) is 6.68. The van der Waals surface area contributed by atoms with Crippen LogP contribution in [-0.2, 0) is 13.6 Å². The lowest BCUT2D eigenvalue weighted by Crippen LogP contribution is -2.00. The van der Waals surface area contributed by atoms with Gasteiger partial charge in [0.1, 0.15) is 5.69 Å². The van der Waals surface area contributed by atoms with E-state index >= 15 is 0 Å². The minimum Gasteiger partial charge on any atom is -0.267 e. The highest BCUT2D eigenvalue weighted by atomic mass is 16.6. The highest BCUT2D eigenvalue weighted by Crippen LogP contribution is 2.17. The maximum absolute atomic E-state index is 10.4. The number of aryl methyl sites for hydroxylation is 1. The molecular formula is C9H9N3O2. The summed E-state index contributed by atoms with van der Waals surface area (Å²) in [6.45, 7) is -0.221. The van der Waals surface area contributed by atoms with Gasteiger partial charge < -0.3 is 0 Å². The summed E-state index contributed by atoms with van der Waals surface area (Å²) in [5, 5.41) is 15.3. The summed E-state index contributed by atoms with van der Waals surface area (Å²) >= 11 is 0. The monoisotopic (exact) mass is 191 g/mol. The third-order valence-corrected chi connectivity index (χ3v) is 2.11. The van der Waals surface area contributed by atoms with E-state index in [1.165, 1.54) is 0 Å². The van der Waals surface area contributed by atoms with Crippen molar-refractivity contribution in [2.24, 2.45) is 7.05 Å². The Bertz CT molecular complexity index is 490. The average Bonchev–Trinajstić information content (AvgIpc) is 2.44. The lowest BCUT2D eigenvalue weighted by Gasteiger charge is -1.90. The molecule has 0 saturated carbocycles. The molecule has 0 saturated heterocycles. The minimum absolute atomic E-state index is 0.221. The minimum atomic E-state index is -0.366. The second-order valence-electron chi connectivity index (χ2n) is 3.08. The predicted octanol–water partition coefficient (Wildman–Crippen LogP) is 1.35. The molecule has 0 spiro atoms. The van der Waals surface area contributed by atoms with Crippen molar-refractivity contribution in [3.05, 3.63) is 40.1 Å². The van der Waals surface area contributed by atoms with Crippen LogP contribution in [0.2, 0.25) is 0 Å². The van der Waals surface area contributed by atoms with Gasteiger partial charge in [-0.3, -0.25) is 14.8 Å². The molecule has 0 aliphatic carbocycles. The second-order valence-corrected chi connectivity index (χ2v) is 3.08. The van der Waals surface area contributed by atoms with Crippen LogP contribution in [0.1, 0.15) is 5.69 Å². The number of benzene rings is 1. The Morgan fingerprint density at radius 2 is 2.21 bits per heavy atom. The fraction of sp³-hybridized carbons (Fsp3) is 0.222. The van der Waals surface area contributed by atoms with Crippen molar-refractivity contribution in [3.63, 3.8) is 0 Å². The van der Waals surface area contributed by atoms with Crippen LogP contribution in [0.4, 0.5) is 0 Å². The zero-order valence-electron chi connectivity index (χ0n) is 7.67. The van der Waals surface area contributed by atoms with E-state index in [1.807, 2.05) is 24.3 Å². The number of nitrogens with zero attached hydrogens (tertiary/aromatic N) is 3. The van der Waals surface area contributed by atoms with Crippen LogP contribution in [0.3, 0.4) is 0 Å². The van der Waals surface area contributed by atoms with Gasteiger partial charge in [-0.15, -0.1) is 0 Å². The summed E-state index contributed by atoms with van der Waals surface area (Å²) in [7, 11) is 1.78. The van der Waals surface area contributed by atoms with Crippen LogP contribution in [0, 0.1) is 10.1 Å². The first-order valence-electron chi connectivity index (χ1n) is 4.21. The molecule has 0 bridgehead atoms. The van der Waals surface area contributed by atoms with Crippen LogP contribution in [0.5, 0.6) is 0 Å². The fourth-order valence-corrected chi connectivity index (χ4v) is 1.53. The topological polar surface area (TPSA) is 61.0 Å². The third-order valence-electron chi connectivity index (χ3n) is 2.11. The number of hydrogen-bond donors (Lipinski definition) is 0. The van der Waals surface area contributed by atoms with Crippen molar-refractivity contribution in [1.82, 2.24) is 9.78 Å². The third kappa shape index (κ3) is 1.32. The van der Waals surface area contributed by atoms with Crippen LogP contribution in [0.25, 0.3) is 10.9 Å². The molecule has 0 aliphatic rings. The number of rotatable bonds is 2.